The highest BCUT2D eigenvalue weighted by atomic mass is 79.9. The van der Waals surface area contributed by atoms with Crippen LogP contribution in [0.1, 0.15) is 18.9 Å². The van der Waals surface area contributed by atoms with Crippen molar-refractivity contribution in [3.8, 4) is 0 Å². The fourth-order valence-corrected chi connectivity index (χ4v) is 2.73. The summed E-state index contributed by atoms with van der Waals surface area (Å²) in [6, 6.07) is 6.61. The maximum atomic E-state index is 5.80. The minimum absolute atomic E-state index is 0.266. The monoisotopic (exact) mass is 280 g/mol. The van der Waals surface area contributed by atoms with E-state index in [0.29, 0.717) is 0 Å². The molecule has 1 heterocycles. The number of hydrogen-bond acceptors (Lipinski definition) is 1. The van der Waals surface area contributed by atoms with E-state index in [1.54, 1.807) is 0 Å². The number of halogens is 1. The molecule has 0 aliphatic rings. The van der Waals surface area contributed by atoms with Crippen LogP contribution < -0.4 is 5.73 Å². The number of nitrogens with two attached hydrogens (primary N) is 1. The quantitative estimate of drug-likeness (QED) is 0.920. The van der Waals surface area contributed by atoms with Crippen LogP contribution in [-0.4, -0.2) is 10.6 Å². The van der Waals surface area contributed by atoms with E-state index in [4.69, 9.17) is 5.73 Å². The van der Waals surface area contributed by atoms with E-state index < -0.39 is 0 Å². The number of benzene rings is 1. The summed E-state index contributed by atoms with van der Waals surface area (Å²) in [5.74, 6) is 0. The SMILES string of the molecule is CC(N)CCc1cn(C)c2c(Br)cccc12. The highest BCUT2D eigenvalue weighted by Gasteiger charge is 2.09. The summed E-state index contributed by atoms with van der Waals surface area (Å²) >= 11 is 3.60. The molecule has 3 heteroatoms. The van der Waals surface area contributed by atoms with Crippen molar-refractivity contribution in [3.63, 3.8) is 0 Å². The number of aromatic nitrogens is 1. The minimum atomic E-state index is 0.266. The zero-order chi connectivity index (χ0) is 11.7. The van der Waals surface area contributed by atoms with Crippen molar-refractivity contribution >= 4 is 26.8 Å². The number of para-hydroxylation sites is 1. The van der Waals surface area contributed by atoms with Gasteiger partial charge in [0, 0.05) is 29.1 Å². The highest BCUT2D eigenvalue weighted by molar-refractivity contribution is 9.10. The number of fused-ring (bicyclic) bond motifs is 1. The van der Waals surface area contributed by atoms with E-state index >= 15 is 0 Å². The van der Waals surface area contributed by atoms with E-state index in [1.165, 1.54) is 16.5 Å². The first-order valence-corrected chi connectivity index (χ1v) is 6.37. The normalized spacial score (nSPS) is 13.2. The zero-order valence-electron chi connectivity index (χ0n) is 9.70. The topological polar surface area (TPSA) is 30.9 Å². The van der Waals surface area contributed by atoms with Gasteiger partial charge in [0.2, 0.25) is 0 Å². The number of hydrogen-bond donors (Lipinski definition) is 1. The van der Waals surface area contributed by atoms with Gasteiger partial charge < -0.3 is 10.3 Å². The van der Waals surface area contributed by atoms with Crippen molar-refractivity contribution in [2.45, 2.75) is 25.8 Å². The number of nitrogens with zero attached hydrogens (tertiary/aromatic N) is 1. The molecule has 0 radical (unpaired) electrons. The second-order valence-corrected chi connectivity index (χ2v) is 5.27. The van der Waals surface area contributed by atoms with E-state index in [-0.39, 0.29) is 6.04 Å². The standard InChI is InChI=1S/C13H17BrN2/c1-9(15)6-7-10-8-16(2)13-11(10)4-3-5-12(13)14/h3-5,8-9H,6-7,15H2,1-2H3. The van der Waals surface area contributed by atoms with Crippen LogP contribution in [0.2, 0.25) is 0 Å². The average Bonchev–Trinajstić information content (AvgIpc) is 2.54. The molecule has 0 saturated carbocycles. The van der Waals surface area contributed by atoms with Gasteiger partial charge in [-0.1, -0.05) is 12.1 Å². The summed E-state index contributed by atoms with van der Waals surface area (Å²) < 4.78 is 3.33. The molecule has 1 aromatic heterocycles. The first kappa shape index (κ1) is 11.7. The Balaban J connectivity index is 2.43. The third-order valence-corrected chi connectivity index (χ3v) is 3.54. The molecule has 0 spiro atoms. The molecule has 0 aliphatic carbocycles. The lowest BCUT2D eigenvalue weighted by Gasteiger charge is -2.03. The largest absolute Gasteiger partial charge is 0.349 e. The van der Waals surface area contributed by atoms with Crippen LogP contribution in [-0.2, 0) is 13.5 Å². The van der Waals surface area contributed by atoms with Crippen molar-refractivity contribution in [3.05, 3.63) is 34.4 Å². The molecular weight excluding hydrogens is 264 g/mol. The van der Waals surface area contributed by atoms with Gasteiger partial charge in [-0.15, -0.1) is 0 Å². The van der Waals surface area contributed by atoms with Crippen molar-refractivity contribution in [2.75, 3.05) is 0 Å². The van der Waals surface area contributed by atoms with Crippen LogP contribution >= 0.6 is 15.9 Å². The van der Waals surface area contributed by atoms with E-state index in [1.807, 2.05) is 0 Å². The van der Waals surface area contributed by atoms with E-state index in [9.17, 15) is 0 Å². The minimum Gasteiger partial charge on any atom is -0.349 e. The van der Waals surface area contributed by atoms with Gasteiger partial charge in [-0.25, -0.2) is 0 Å². The Morgan fingerprint density at radius 1 is 1.44 bits per heavy atom. The van der Waals surface area contributed by atoms with Gasteiger partial charge in [-0.3, -0.25) is 0 Å². The first-order chi connectivity index (χ1) is 7.59. The predicted octanol–water partition coefficient (Wildman–Crippen LogP) is 3.22. The number of aryl methyl sites for hydroxylation is 2. The van der Waals surface area contributed by atoms with Crippen molar-refractivity contribution < 1.29 is 0 Å². The van der Waals surface area contributed by atoms with Crippen LogP contribution in [0.25, 0.3) is 10.9 Å². The van der Waals surface area contributed by atoms with E-state index in [0.717, 1.165) is 17.3 Å². The predicted molar refractivity (Wildman–Crippen MR) is 72.6 cm³/mol. The maximum absolute atomic E-state index is 5.80. The Morgan fingerprint density at radius 3 is 2.88 bits per heavy atom. The van der Waals surface area contributed by atoms with Crippen molar-refractivity contribution in [1.29, 1.82) is 0 Å². The molecule has 2 rings (SSSR count). The summed E-state index contributed by atoms with van der Waals surface area (Å²) in [7, 11) is 2.09. The molecule has 1 unspecified atom stereocenters. The zero-order valence-corrected chi connectivity index (χ0v) is 11.3. The summed E-state index contributed by atoms with van der Waals surface area (Å²) in [4.78, 5) is 0. The molecule has 0 saturated heterocycles. The Kier molecular flexibility index (Phi) is 3.36. The second kappa shape index (κ2) is 4.60. The van der Waals surface area contributed by atoms with Gasteiger partial charge in [-0.05, 0) is 47.3 Å². The third-order valence-electron chi connectivity index (χ3n) is 2.90. The summed E-state index contributed by atoms with van der Waals surface area (Å²) in [6.45, 7) is 2.06. The van der Waals surface area contributed by atoms with Gasteiger partial charge in [0.05, 0.1) is 5.52 Å². The molecule has 1 aromatic carbocycles. The van der Waals surface area contributed by atoms with Gasteiger partial charge in [0.1, 0.15) is 0 Å². The van der Waals surface area contributed by atoms with Crippen LogP contribution in [0.5, 0.6) is 0 Å². The van der Waals surface area contributed by atoms with Gasteiger partial charge >= 0.3 is 0 Å². The summed E-state index contributed by atoms with van der Waals surface area (Å²) in [6.07, 6.45) is 4.29. The fraction of sp³-hybridized carbons (Fsp3) is 0.385. The lowest BCUT2D eigenvalue weighted by Crippen LogP contribution is -2.15. The summed E-state index contributed by atoms with van der Waals surface area (Å²) in [5.41, 5.74) is 8.46. The molecule has 2 aromatic rings. The van der Waals surface area contributed by atoms with Gasteiger partial charge in [0.15, 0.2) is 0 Å². The lowest BCUT2D eigenvalue weighted by molar-refractivity contribution is 0.667. The van der Waals surface area contributed by atoms with Crippen molar-refractivity contribution in [2.24, 2.45) is 12.8 Å². The Morgan fingerprint density at radius 2 is 2.19 bits per heavy atom. The van der Waals surface area contributed by atoms with E-state index in [2.05, 4.69) is 58.9 Å². The molecule has 0 aliphatic heterocycles. The van der Waals surface area contributed by atoms with Gasteiger partial charge in [0.25, 0.3) is 0 Å². The smallest absolute Gasteiger partial charge is 0.0624 e. The fourth-order valence-electron chi connectivity index (χ4n) is 2.08. The van der Waals surface area contributed by atoms with Crippen LogP contribution in [0.3, 0.4) is 0 Å². The molecule has 16 heavy (non-hydrogen) atoms. The lowest BCUT2D eigenvalue weighted by atomic mass is 10.1. The second-order valence-electron chi connectivity index (χ2n) is 4.42. The molecule has 0 bridgehead atoms. The molecule has 0 fully saturated rings. The molecule has 86 valence electrons. The number of rotatable bonds is 3. The molecule has 0 amide bonds. The first-order valence-electron chi connectivity index (χ1n) is 5.57. The Bertz CT molecular complexity index is 500. The molecule has 1 atom stereocenters. The van der Waals surface area contributed by atoms with Gasteiger partial charge in [-0.2, -0.15) is 0 Å². The molecular formula is C13H17BrN2. The summed E-state index contributed by atoms with van der Waals surface area (Å²) in [5, 5.41) is 1.33. The van der Waals surface area contributed by atoms with Crippen molar-refractivity contribution in [1.82, 2.24) is 4.57 Å². The Labute approximate surface area is 105 Å². The highest BCUT2D eigenvalue weighted by Crippen LogP contribution is 2.28. The Hall–Kier alpha value is -0.800. The average molecular weight is 281 g/mol. The van der Waals surface area contributed by atoms with Crippen LogP contribution in [0.4, 0.5) is 0 Å². The van der Waals surface area contributed by atoms with Crippen LogP contribution in [0, 0.1) is 0 Å². The third kappa shape index (κ3) is 2.15. The van der Waals surface area contributed by atoms with Crippen LogP contribution in [0.15, 0.2) is 28.9 Å². The molecule has 2 N–H and O–H groups in total. The molecule has 2 nitrogen and oxygen atoms in total. The maximum Gasteiger partial charge on any atom is 0.0624 e.